The molecule has 6 heteroatoms. The van der Waals surface area contributed by atoms with Gasteiger partial charge in [-0.05, 0) is 19.1 Å². The lowest BCUT2D eigenvalue weighted by atomic mass is 10.0. The first-order valence-electron chi connectivity index (χ1n) is 5.35. The molecule has 0 radical (unpaired) electrons. The number of nitrogens with zero attached hydrogens (tertiary/aromatic N) is 3. The van der Waals surface area contributed by atoms with Crippen molar-refractivity contribution < 1.29 is 4.79 Å². The number of aromatic nitrogens is 2. The molecule has 3 heterocycles. The zero-order chi connectivity index (χ0) is 11.3. The minimum atomic E-state index is -0.136. The van der Waals surface area contributed by atoms with Crippen molar-refractivity contribution in [2.75, 3.05) is 6.54 Å². The first kappa shape index (κ1) is 9.77. The van der Waals surface area contributed by atoms with E-state index >= 15 is 0 Å². The second-order valence-electron chi connectivity index (χ2n) is 4.04. The number of nitrogens with one attached hydrogen (secondary N) is 1. The number of aromatic amines is 1. The molecule has 3 rings (SSSR count). The number of hydrogen-bond donors (Lipinski definition) is 1. The molecule has 0 aliphatic carbocycles. The van der Waals surface area contributed by atoms with Crippen molar-refractivity contribution in [3.8, 4) is 0 Å². The fourth-order valence-corrected chi connectivity index (χ4v) is 2.79. The van der Waals surface area contributed by atoms with E-state index in [4.69, 9.17) is 12.2 Å². The lowest BCUT2D eigenvalue weighted by molar-refractivity contribution is -0.128. The summed E-state index contributed by atoms with van der Waals surface area (Å²) in [5.74, 6) is 0.112. The Bertz CT molecular complexity index is 431. The average molecular weight is 236 g/mol. The van der Waals surface area contributed by atoms with E-state index in [1.54, 1.807) is 11.2 Å². The second kappa shape index (κ2) is 3.28. The van der Waals surface area contributed by atoms with Crippen molar-refractivity contribution in [2.24, 2.45) is 0 Å². The topological polar surface area (TPSA) is 52.2 Å². The number of carbonyl (C=O) groups excluding carboxylic acids is 1. The summed E-state index contributed by atoms with van der Waals surface area (Å²) in [5.41, 5.74) is 2.07. The van der Waals surface area contributed by atoms with Gasteiger partial charge in [0.15, 0.2) is 5.11 Å². The minimum Gasteiger partial charge on any atom is -0.347 e. The van der Waals surface area contributed by atoms with Crippen LogP contribution in [0.25, 0.3) is 0 Å². The Morgan fingerprint density at radius 1 is 1.69 bits per heavy atom. The number of rotatable bonds is 1. The molecular weight excluding hydrogens is 224 g/mol. The number of carbonyl (C=O) groups is 1. The van der Waals surface area contributed by atoms with E-state index in [2.05, 4.69) is 9.97 Å². The Labute approximate surface area is 98.4 Å². The number of fused-ring (bicyclic) bond motifs is 2. The fourth-order valence-electron chi connectivity index (χ4n) is 2.38. The Morgan fingerprint density at radius 3 is 3.25 bits per heavy atom. The zero-order valence-electron chi connectivity index (χ0n) is 8.93. The molecule has 5 nitrogen and oxygen atoms in total. The van der Waals surface area contributed by atoms with Crippen LogP contribution in [0.1, 0.15) is 18.3 Å². The highest BCUT2D eigenvalue weighted by molar-refractivity contribution is 7.80. The van der Waals surface area contributed by atoms with Crippen molar-refractivity contribution in [1.82, 2.24) is 19.8 Å². The van der Waals surface area contributed by atoms with E-state index < -0.39 is 0 Å². The first-order chi connectivity index (χ1) is 7.72. The molecule has 1 aromatic heterocycles. The van der Waals surface area contributed by atoms with E-state index in [0.717, 1.165) is 11.4 Å². The molecule has 2 aliphatic rings. The molecule has 0 saturated carbocycles. The van der Waals surface area contributed by atoms with Gasteiger partial charge in [-0.1, -0.05) is 0 Å². The standard InChI is InChI=1S/C10H12N4OS/c1-2-13-9(15)8-3-6-7(12-5-11-6)4-14(8)10(13)16/h5,8H,2-4H2,1H3,(H,11,12). The minimum absolute atomic E-state index is 0.112. The van der Waals surface area contributed by atoms with Crippen LogP contribution >= 0.6 is 12.2 Å². The van der Waals surface area contributed by atoms with E-state index in [1.807, 2.05) is 11.8 Å². The number of likely N-dealkylation sites (N-methyl/N-ethyl adjacent to an activating group) is 1. The van der Waals surface area contributed by atoms with Crippen LogP contribution < -0.4 is 0 Å². The molecule has 0 spiro atoms. The van der Waals surface area contributed by atoms with E-state index in [0.29, 0.717) is 24.6 Å². The number of thiocarbonyl (C=S) groups is 1. The van der Waals surface area contributed by atoms with Gasteiger partial charge >= 0.3 is 0 Å². The molecule has 1 unspecified atom stereocenters. The highest BCUT2D eigenvalue weighted by atomic mass is 32.1. The molecule has 16 heavy (non-hydrogen) atoms. The molecule has 1 aromatic rings. The highest BCUT2D eigenvalue weighted by Gasteiger charge is 2.44. The third-order valence-electron chi connectivity index (χ3n) is 3.24. The molecule has 1 saturated heterocycles. The van der Waals surface area contributed by atoms with Gasteiger partial charge in [-0.3, -0.25) is 9.69 Å². The summed E-state index contributed by atoms with van der Waals surface area (Å²) in [6, 6.07) is -0.136. The van der Waals surface area contributed by atoms with E-state index in [-0.39, 0.29) is 11.9 Å². The monoisotopic (exact) mass is 236 g/mol. The lowest BCUT2D eigenvalue weighted by Crippen LogP contribution is -2.40. The normalized spacial score (nSPS) is 23.7. The molecular formula is C10H12N4OS. The molecule has 0 bridgehead atoms. The third kappa shape index (κ3) is 1.13. The van der Waals surface area contributed by atoms with Crippen LogP contribution in [0.4, 0.5) is 0 Å². The maximum atomic E-state index is 12.1. The van der Waals surface area contributed by atoms with Crippen molar-refractivity contribution in [3.05, 3.63) is 17.7 Å². The second-order valence-corrected chi connectivity index (χ2v) is 4.41. The van der Waals surface area contributed by atoms with Gasteiger partial charge in [0, 0.05) is 13.0 Å². The summed E-state index contributed by atoms with van der Waals surface area (Å²) >= 11 is 5.31. The maximum Gasteiger partial charge on any atom is 0.251 e. The van der Waals surface area contributed by atoms with Crippen LogP contribution in [0, 0.1) is 0 Å². The fraction of sp³-hybridized carbons (Fsp3) is 0.500. The van der Waals surface area contributed by atoms with E-state index in [9.17, 15) is 4.79 Å². The molecule has 1 amide bonds. The number of H-pyrrole nitrogens is 1. The zero-order valence-corrected chi connectivity index (χ0v) is 9.75. The summed E-state index contributed by atoms with van der Waals surface area (Å²) in [6.45, 7) is 3.26. The van der Waals surface area contributed by atoms with Crippen molar-refractivity contribution >= 4 is 23.2 Å². The predicted molar refractivity (Wildman–Crippen MR) is 61.6 cm³/mol. The molecule has 1 atom stereocenters. The Kier molecular flexibility index (Phi) is 2.00. The summed E-state index contributed by atoms with van der Waals surface area (Å²) in [4.78, 5) is 23.1. The molecule has 1 N–H and O–H groups in total. The third-order valence-corrected chi connectivity index (χ3v) is 3.70. The SMILES string of the molecule is CCN1C(=O)C2Cc3nc[nH]c3CN2C1=S. The number of imidazole rings is 1. The van der Waals surface area contributed by atoms with Crippen LogP contribution in [0.2, 0.25) is 0 Å². The van der Waals surface area contributed by atoms with Crippen molar-refractivity contribution in [3.63, 3.8) is 0 Å². The molecule has 2 aliphatic heterocycles. The maximum absolute atomic E-state index is 12.1. The molecule has 0 aromatic carbocycles. The number of hydrogen-bond acceptors (Lipinski definition) is 3. The van der Waals surface area contributed by atoms with Gasteiger partial charge in [0.1, 0.15) is 6.04 Å². The quantitative estimate of drug-likeness (QED) is 0.712. The van der Waals surface area contributed by atoms with Gasteiger partial charge in [0.25, 0.3) is 5.91 Å². The molecule has 1 fully saturated rings. The van der Waals surface area contributed by atoms with E-state index in [1.165, 1.54) is 0 Å². The Balaban J connectivity index is 1.98. The van der Waals surface area contributed by atoms with Gasteiger partial charge in [-0.25, -0.2) is 4.98 Å². The van der Waals surface area contributed by atoms with Crippen molar-refractivity contribution in [1.29, 1.82) is 0 Å². The van der Waals surface area contributed by atoms with Crippen LogP contribution in [-0.2, 0) is 17.8 Å². The van der Waals surface area contributed by atoms with Crippen LogP contribution in [0.5, 0.6) is 0 Å². The smallest absolute Gasteiger partial charge is 0.251 e. The summed E-state index contributed by atoms with van der Waals surface area (Å²) < 4.78 is 0. The summed E-state index contributed by atoms with van der Waals surface area (Å²) in [5, 5.41) is 0.651. The molecule has 84 valence electrons. The Hall–Kier alpha value is -1.43. The predicted octanol–water partition coefficient (Wildman–Crippen LogP) is 0.283. The van der Waals surface area contributed by atoms with Gasteiger partial charge < -0.3 is 9.88 Å². The largest absolute Gasteiger partial charge is 0.347 e. The highest BCUT2D eigenvalue weighted by Crippen LogP contribution is 2.28. The summed E-state index contributed by atoms with van der Waals surface area (Å²) in [7, 11) is 0. The van der Waals surface area contributed by atoms with Crippen molar-refractivity contribution in [2.45, 2.75) is 25.9 Å². The van der Waals surface area contributed by atoms with Crippen LogP contribution in [-0.4, -0.2) is 43.4 Å². The van der Waals surface area contributed by atoms with Gasteiger partial charge in [0.05, 0.1) is 24.3 Å². The van der Waals surface area contributed by atoms with Crippen LogP contribution in [0.15, 0.2) is 6.33 Å². The van der Waals surface area contributed by atoms with Gasteiger partial charge in [0.2, 0.25) is 0 Å². The van der Waals surface area contributed by atoms with Crippen LogP contribution in [0.3, 0.4) is 0 Å². The lowest BCUT2D eigenvalue weighted by Gasteiger charge is -2.27. The average Bonchev–Trinajstić information content (AvgIpc) is 2.82. The van der Waals surface area contributed by atoms with Gasteiger partial charge in [-0.2, -0.15) is 0 Å². The summed E-state index contributed by atoms with van der Waals surface area (Å²) in [6.07, 6.45) is 2.34. The first-order valence-corrected chi connectivity index (χ1v) is 5.76. The Morgan fingerprint density at radius 2 is 2.50 bits per heavy atom. The number of amides is 1. The van der Waals surface area contributed by atoms with Gasteiger partial charge in [-0.15, -0.1) is 0 Å².